The number of carboxylic acids is 1. The van der Waals surface area contributed by atoms with Crippen LogP contribution in [0, 0.1) is 0 Å². The van der Waals surface area contributed by atoms with E-state index >= 15 is 0 Å². The van der Waals surface area contributed by atoms with Gasteiger partial charge in [-0.25, -0.2) is 0 Å². The summed E-state index contributed by atoms with van der Waals surface area (Å²) in [4.78, 5) is 22.6. The second-order valence-electron chi connectivity index (χ2n) is 3.43. The lowest BCUT2D eigenvalue weighted by Crippen LogP contribution is -2.40. The highest BCUT2D eigenvalue weighted by atomic mass is 35.5. The summed E-state index contributed by atoms with van der Waals surface area (Å²) in [6, 6.07) is 7.09. The van der Waals surface area contributed by atoms with Crippen molar-refractivity contribution in [2.24, 2.45) is 16.7 Å². The molecule has 5 N–H and O–H groups in total. The summed E-state index contributed by atoms with van der Waals surface area (Å²) in [6.45, 7) is 0. The molecule has 0 aliphatic rings. The van der Waals surface area contributed by atoms with Crippen LogP contribution in [-0.4, -0.2) is 29.1 Å². The van der Waals surface area contributed by atoms with Crippen LogP contribution in [0.1, 0.15) is 11.5 Å². The van der Waals surface area contributed by atoms with Crippen molar-refractivity contribution in [3.63, 3.8) is 0 Å². The van der Waals surface area contributed by atoms with E-state index in [-0.39, 0.29) is 12.4 Å². The largest absolute Gasteiger partial charge is 0.480 e. The molecular weight excluding hydrogens is 258 g/mol. The van der Waals surface area contributed by atoms with E-state index in [9.17, 15) is 9.59 Å². The Kier molecular flexibility index (Phi) is 6.62. The van der Waals surface area contributed by atoms with Gasteiger partial charge in [0.2, 0.25) is 0 Å². The number of Topliss-reactive ketones (excluding diaryl/α,β-unsaturated/α-hetero) is 1. The zero-order valence-electron chi connectivity index (χ0n) is 9.39. The third-order valence-electron chi connectivity index (χ3n) is 2.31. The van der Waals surface area contributed by atoms with Gasteiger partial charge in [-0.05, 0) is 5.56 Å². The lowest BCUT2D eigenvalue weighted by molar-refractivity contribution is -0.140. The number of rotatable bonds is 5. The van der Waals surface area contributed by atoms with Gasteiger partial charge in [-0.1, -0.05) is 30.3 Å². The van der Waals surface area contributed by atoms with Gasteiger partial charge in [-0.15, -0.1) is 12.4 Å². The Labute approximate surface area is 110 Å². The number of hydrogen-bond donors (Lipinski definition) is 3. The number of benzene rings is 1. The predicted molar refractivity (Wildman–Crippen MR) is 69.7 cm³/mol. The zero-order chi connectivity index (χ0) is 12.8. The van der Waals surface area contributed by atoms with Gasteiger partial charge in [0.1, 0.15) is 6.04 Å². The van der Waals surface area contributed by atoms with Crippen molar-refractivity contribution < 1.29 is 14.7 Å². The van der Waals surface area contributed by atoms with Crippen molar-refractivity contribution in [2.75, 3.05) is 0 Å². The molecule has 0 spiro atoms. The summed E-state index contributed by atoms with van der Waals surface area (Å²) in [5.74, 6) is 2.11. The molecule has 1 aromatic rings. The Hall–Kier alpha value is -1.92. The first-order valence-electron chi connectivity index (χ1n) is 4.88. The van der Waals surface area contributed by atoms with E-state index in [2.05, 4.69) is 5.10 Å². The maximum Gasteiger partial charge on any atom is 0.321 e. The minimum absolute atomic E-state index is 0. The topological polar surface area (TPSA) is 119 Å². The van der Waals surface area contributed by atoms with Crippen LogP contribution in [0.25, 0.3) is 0 Å². The van der Waals surface area contributed by atoms with Crippen LogP contribution in [0.3, 0.4) is 0 Å². The molecule has 0 saturated heterocycles. The van der Waals surface area contributed by atoms with Crippen molar-refractivity contribution in [3.05, 3.63) is 35.9 Å². The van der Waals surface area contributed by atoms with Crippen molar-refractivity contribution in [2.45, 2.75) is 12.0 Å². The number of nitrogens with two attached hydrogens (primary N) is 2. The molecule has 0 heterocycles. The van der Waals surface area contributed by atoms with E-state index in [1.54, 1.807) is 30.3 Å². The van der Waals surface area contributed by atoms with Crippen LogP contribution in [0.5, 0.6) is 0 Å². The van der Waals surface area contributed by atoms with Crippen molar-refractivity contribution in [1.29, 1.82) is 0 Å². The molecule has 0 fully saturated rings. The summed E-state index contributed by atoms with van der Waals surface area (Å²) in [5.41, 5.74) is 6.02. The fourth-order valence-corrected chi connectivity index (χ4v) is 1.51. The maximum absolute atomic E-state index is 11.7. The smallest absolute Gasteiger partial charge is 0.321 e. The van der Waals surface area contributed by atoms with Gasteiger partial charge in [0.25, 0.3) is 0 Å². The average Bonchev–Trinajstić information content (AvgIpc) is 2.31. The van der Waals surface area contributed by atoms with Gasteiger partial charge >= 0.3 is 5.97 Å². The number of ketones is 1. The quantitative estimate of drug-likeness (QED) is 0.399. The van der Waals surface area contributed by atoms with E-state index in [1.807, 2.05) is 0 Å². The summed E-state index contributed by atoms with van der Waals surface area (Å²) in [5, 5.41) is 12.0. The first kappa shape index (κ1) is 16.1. The van der Waals surface area contributed by atoms with Crippen LogP contribution in [-0.2, 0) is 9.59 Å². The predicted octanol–water partition coefficient (Wildman–Crippen LogP) is 0.117. The highest BCUT2D eigenvalue weighted by Crippen LogP contribution is 2.19. The summed E-state index contributed by atoms with van der Waals surface area (Å²) >= 11 is 0. The van der Waals surface area contributed by atoms with Crippen LogP contribution >= 0.6 is 12.4 Å². The monoisotopic (exact) mass is 271 g/mol. The fourth-order valence-electron chi connectivity index (χ4n) is 1.51. The number of halogens is 1. The Morgan fingerprint density at radius 1 is 1.28 bits per heavy atom. The molecular formula is C11H14ClN3O3. The molecule has 6 nitrogen and oxygen atoms in total. The summed E-state index contributed by atoms with van der Waals surface area (Å²) < 4.78 is 0. The molecule has 98 valence electrons. The van der Waals surface area contributed by atoms with Crippen molar-refractivity contribution in [1.82, 2.24) is 0 Å². The molecule has 0 bridgehead atoms. The average molecular weight is 272 g/mol. The van der Waals surface area contributed by atoms with Crippen LogP contribution < -0.4 is 11.6 Å². The van der Waals surface area contributed by atoms with E-state index in [1.165, 1.54) is 0 Å². The van der Waals surface area contributed by atoms with Gasteiger partial charge in [-0.2, -0.15) is 5.10 Å². The maximum atomic E-state index is 11.7. The number of carbonyl (C=O) groups is 2. The third-order valence-corrected chi connectivity index (χ3v) is 2.31. The highest BCUT2D eigenvalue weighted by molar-refractivity contribution is 6.30. The molecule has 0 saturated carbocycles. The lowest BCUT2D eigenvalue weighted by Gasteiger charge is -2.17. The molecule has 0 aliphatic carbocycles. The molecule has 2 atom stereocenters. The number of carboxylic acid groups (broad SMARTS) is 1. The number of hydrogen-bond acceptors (Lipinski definition) is 5. The first-order chi connectivity index (χ1) is 8.07. The van der Waals surface area contributed by atoms with Crippen LogP contribution in [0.2, 0.25) is 0 Å². The molecule has 2 unspecified atom stereocenters. The number of aliphatic carboxylic acids is 1. The molecule has 0 aromatic heterocycles. The number of carbonyl (C=O) groups excluding carboxylic acids is 1. The van der Waals surface area contributed by atoms with Crippen molar-refractivity contribution in [3.8, 4) is 0 Å². The standard InChI is InChI=1S/C11H13N3O3.ClH/c12-10(11(16)17)9(8(15)6-14-13)7-4-2-1-3-5-7;/h1-6,9-10H,12-13H2,(H,16,17);1H. The Morgan fingerprint density at radius 2 is 1.83 bits per heavy atom. The number of hydrazone groups is 1. The normalized spacial score (nSPS) is 13.6. The van der Waals surface area contributed by atoms with Gasteiger partial charge < -0.3 is 16.7 Å². The highest BCUT2D eigenvalue weighted by Gasteiger charge is 2.31. The molecule has 0 aliphatic heterocycles. The molecule has 7 heteroatoms. The first-order valence-corrected chi connectivity index (χ1v) is 4.88. The number of nitrogens with zero attached hydrogens (tertiary/aromatic N) is 1. The lowest BCUT2D eigenvalue weighted by atomic mass is 9.88. The molecule has 1 aromatic carbocycles. The van der Waals surface area contributed by atoms with E-state index in [0.717, 1.165) is 6.21 Å². The molecule has 18 heavy (non-hydrogen) atoms. The molecule has 1 rings (SSSR count). The Morgan fingerprint density at radius 3 is 2.28 bits per heavy atom. The second-order valence-corrected chi connectivity index (χ2v) is 3.43. The zero-order valence-corrected chi connectivity index (χ0v) is 10.2. The van der Waals surface area contributed by atoms with E-state index in [4.69, 9.17) is 16.7 Å². The molecule has 0 amide bonds. The minimum atomic E-state index is -1.33. The Balaban J connectivity index is 0.00000289. The van der Waals surface area contributed by atoms with Gasteiger partial charge in [0.15, 0.2) is 5.78 Å². The van der Waals surface area contributed by atoms with E-state index in [0.29, 0.717) is 5.56 Å². The minimum Gasteiger partial charge on any atom is -0.480 e. The fraction of sp³-hybridized carbons (Fsp3) is 0.182. The summed E-state index contributed by atoms with van der Waals surface area (Å²) in [6.07, 6.45) is 0.875. The SMILES string of the molecule is Cl.NN=CC(=O)C(c1ccccc1)C(N)C(=O)O. The third kappa shape index (κ3) is 3.83. The van der Waals surface area contributed by atoms with Crippen LogP contribution in [0.15, 0.2) is 35.4 Å². The van der Waals surface area contributed by atoms with Crippen molar-refractivity contribution >= 4 is 30.4 Å². The Bertz CT molecular complexity index is 436. The van der Waals surface area contributed by atoms with Gasteiger partial charge in [0.05, 0.1) is 12.1 Å². The van der Waals surface area contributed by atoms with Gasteiger partial charge in [-0.3, -0.25) is 9.59 Å². The molecule has 0 radical (unpaired) electrons. The van der Waals surface area contributed by atoms with Gasteiger partial charge in [0, 0.05) is 0 Å². The summed E-state index contributed by atoms with van der Waals surface area (Å²) in [7, 11) is 0. The second kappa shape index (κ2) is 7.41. The van der Waals surface area contributed by atoms with E-state index < -0.39 is 23.7 Å². The van der Waals surface area contributed by atoms with Crippen LogP contribution in [0.4, 0.5) is 0 Å².